The summed E-state index contributed by atoms with van der Waals surface area (Å²) in [7, 11) is 0. The maximum Gasteiger partial charge on any atom is 0.292 e. The van der Waals surface area contributed by atoms with Gasteiger partial charge in [0.05, 0.1) is 16.1 Å². The van der Waals surface area contributed by atoms with Crippen molar-refractivity contribution in [3.63, 3.8) is 0 Å². The Morgan fingerprint density at radius 2 is 1.53 bits per heavy atom. The summed E-state index contributed by atoms with van der Waals surface area (Å²) in [6.45, 7) is 3.78. The summed E-state index contributed by atoms with van der Waals surface area (Å²) in [5, 5.41) is 13.2. The van der Waals surface area contributed by atoms with Crippen molar-refractivity contribution in [3.8, 4) is 0 Å². The van der Waals surface area contributed by atoms with E-state index < -0.39 is 40.3 Å². The summed E-state index contributed by atoms with van der Waals surface area (Å²) in [4.78, 5) is 67.7. The highest BCUT2D eigenvalue weighted by Gasteiger charge is 2.45. The molecule has 4 heterocycles. The molecule has 4 aliphatic rings. The summed E-state index contributed by atoms with van der Waals surface area (Å²) in [5.41, 5.74) is 6.40. The van der Waals surface area contributed by atoms with Gasteiger partial charge in [-0.3, -0.25) is 44.4 Å². The van der Waals surface area contributed by atoms with Crippen LogP contribution >= 0.6 is 0 Å². The number of hydrogen-bond acceptors (Lipinski definition) is 10. The van der Waals surface area contributed by atoms with E-state index in [0.717, 1.165) is 10.6 Å². The van der Waals surface area contributed by atoms with Crippen LogP contribution in [-0.2, 0) is 9.59 Å². The molecular formula is C29H32FN7O6. The number of nitrogens with one attached hydrogen (secondary N) is 1. The average molecular weight is 594 g/mol. The van der Waals surface area contributed by atoms with E-state index in [1.54, 1.807) is 30.3 Å². The molecule has 0 spiro atoms. The molecule has 43 heavy (non-hydrogen) atoms. The van der Waals surface area contributed by atoms with Gasteiger partial charge in [-0.05, 0) is 36.8 Å². The highest BCUT2D eigenvalue weighted by Crippen LogP contribution is 2.35. The van der Waals surface area contributed by atoms with Crippen LogP contribution in [0.4, 0.5) is 27.1 Å². The maximum atomic E-state index is 16.0. The first-order chi connectivity index (χ1) is 20.5. The summed E-state index contributed by atoms with van der Waals surface area (Å²) in [5.74, 6) is -2.20. The van der Waals surface area contributed by atoms with E-state index in [0.29, 0.717) is 64.3 Å². The van der Waals surface area contributed by atoms with Gasteiger partial charge < -0.3 is 15.5 Å². The molecule has 0 radical (unpaired) electrons. The minimum Gasteiger partial charge on any atom is -0.393 e. The quantitative estimate of drug-likeness (QED) is 0.218. The van der Waals surface area contributed by atoms with Crippen LogP contribution in [0.3, 0.4) is 0 Å². The highest BCUT2D eigenvalue weighted by atomic mass is 19.1. The van der Waals surface area contributed by atoms with Crippen LogP contribution in [0.2, 0.25) is 0 Å². The lowest BCUT2D eigenvalue weighted by Gasteiger charge is -2.43. The van der Waals surface area contributed by atoms with Crippen LogP contribution in [0.25, 0.3) is 0 Å². The van der Waals surface area contributed by atoms with Crippen molar-refractivity contribution in [3.05, 3.63) is 57.6 Å². The molecule has 14 heteroatoms. The number of piperidine rings is 2. The zero-order valence-corrected chi connectivity index (χ0v) is 23.5. The number of carbonyl (C=O) groups is 4. The molecule has 4 aliphatic heterocycles. The maximum absolute atomic E-state index is 16.0. The minimum atomic E-state index is -1.37. The Bertz CT molecular complexity index is 1520. The SMILES string of the molecule is Nc1cc(N2CCN(CC3(F)CCN(c4ccc5c(c4)C(=O)N(C4CCC(=O)NC4=O)C5=O)CC3)CC2)ccc1[N+](=O)[O-]. The third kappa shape index (κ3) is 5.38. The number of benzene rings is 2. The molecule has 0 saturated carbocycles. The number of nitrogen functional groups attached to an aromatic ring is 1. The van der Waals surface area contributed by atoms with Gasteiger partial charge in [0.1, 0.15) is 17.4 Å². The van der Waals surface area contributed by atoms with Gasteiger partial charge in [0, 0.05) is 82.5 Å². The number of hydrogen-bond donors (Lipinski definition) is 2. The van der Waals surface area contributed by atoms with Crippen molar-refractivity contribution in [2.24, 2.45) is 0 Å². The molecule has 1 atom stereocenters. The van der Waals surface area contributed by atoms with Crippen LogP contribution in [0.15, 0.2) is 36.4 Å². The number of nitrogens with two attached hydrogens (primary N) is 1. The lowest BCUT2D eigenvalue weighted by atomic mass is 9.91. The first kappa shape index (κ1) is 28.5. The summed E-state index contributed by atoms with van der Waals surface area (Å²) < 4.78 is 16.0. The van der Waals surface area contributed by atoms with E-state index in [-0.39, 0.29) is 35.3 Å². The summed E-state index contributed by atoms with van der Waals surface area (Å²) in [6, 6.07) is 8.63. The number of nitro groups is 1. The Hall–Kier alpha value is -4.59. The molecule has 13 nitrogen and oxygen atoms in total. The van der Waals surface area contributed by atoms with Crippen molar-refractivity contribution >= 4 is 46.4 Å². The molecule has 3 N–H and O–H groups in total. The van der Waals surface area contributed by atoms with Gasteiger partial charge >= 0.3 is 0 Å². The molecule has 0 aromatic heterocycles. The molecule has 0 aliphatic carbocycles. The number of amides is 4. The van der Waals surface area contributed by atoms with Crippen LogP contribution < -0.4 is 20.9 Å². The van der Waals surface area contributed by atoms with Gasteiger partial charge in [-0.2, -0.15) is 0 Å². The Morgan fingerprint density at radius 1 is 0.907 bits per heavy atom. The molecule has 6 rings (SSSR count). The van der Waals surface area contributed by atoms with Gasteiger partial charge in [-0.1, -0.05) is 0 Å². The molecule has 0 bridgehead atoms. The lowest BCUT2D eigenvalue weighted by molar-refractivity contribution is -0.383. The topological polar surface area (TPSA) is 162 Å². The van der Waals surface area contributed by atoms with E-state index >= 15 is 4.39 Å². The number of imide groups is 2. The Balaban J connectivity index is 1.04. The third-order valence-corrected chi connectivity index (χ3v) is 8.90. The lowest BCUT2D eigenvalue weighted by Crippen LogP contribution is -2.54. The number of rotatable bonds is 6. The second-order valence-corrected chi connectivity index (χ2v) is 11.6. The second kappa shape index (κ2) is 10.9. The first-order valence-electron chi connectivity index (χ1n) is 14.3. The number of piperazine rings is 1. The first-order valence-corrected chi connectivity index (χ1v) is 14.3. The number of fused-ring (bicyclic) bond motifs is 1. The monoisotopic (exact) mass is 593 g/mol. The fourth-order valence-electron chi connectivity index (χ4n) is 6.45. The Kier molecular flexibility index (Phi) is 7.24. The van der Waals surface area contributed by atoms with E-state index in [1.807, 2.05) is 4.90 Å². The van der Waals surface area contributed by atoms with Gasteiger partial charge in [-0.25, -0.2) is 4.39 Å². The minimum absolute atomic E-state index is 0.0540. The van der Waals surface area contributed by atoms with E-state index in [9.17, 15) is 29.3 Å². The van der Waals surface area contributed by atoms with Gasteiger partial charge in [0.2, 0.25) is 11.8 Å². The number of nitrogens with zero attached hydrogens (tertiary/aromatic N) is 5. The molecule has 2 aromatic rings. The number of halogens is 1. The largest absolute Gasteiger partial charge is 0.393 e. The van der Waals surface area contributed by atoms with E-state index in [1.165, 1.54) is 6.07 Å². The zero-order chi connectivity index (χ0) is 30.5. The third-order valence-electron chi connectivity index (χ3n) is 8.90. The number of anilines is 3. The predicted molar refractivity (Wildman–Crippen MR) is 155 cm³/mol. The number of alkyl halides is 1. The van der Waals surface area contributed by atoms with Crippen LogP contribution in [0, 0.1) is 10.1 Å². The predicted octanol–water partition coefficient (Wildman–Crippen LogP) is 1.71. The van der Waals surface area contributed by atoms with Crippen molar-refractivity contribution in [2.45, 2.75) is 37.4 Å². The molecule has 226 valence electrons. The molecule has 3 fully saturated rings. The van der Waals surface area contributed by atoms with Crippen molar-refractivity contribution in [1.82, 2.24) is 15.1 Å². The number of carbonyl (C=O) groups excluding carboxylic acids is 4. The normalized spacial score (nSPS) is 22.5. The van der Waals surface area contributed by atoms with Gasteiger partial charge in [0.15, 0.2) is 0 Å². The molecule has 1 unspecified atom stereocenters. The molecule has 4 amide bonds. The highest BCUT2D eigenvalue weighted by molar-refractivity contribution is 6.23. The zero-order valence-electron chi connectivity index (χ0n) is 23.5. The van der Waals surface area contributed by atoms with Crippen LogP contribution in [-0.4, -0.2) is 95.9 Å². The smallest absolute Gasteiger partial charge is 0.292 e. The Morgan fingerprint density at radius 3 is 2.19 bits per heavy atom. The molecule has 3 saturated heterocycles. The summed E-state index contributed by atoms with van der Waals surface area (Å²) >= 11 is 0. The fourth-order valence-corrected chi connectivity index (χ4v) is 6.45. The van der Waals surface area contributed by atoms with Crippen molar-refractivity contribution in [2.75, 3.05) is 61.3 Å². The van der Waals surface area contributed by atoms with Crippen LogP contribution in [0.1, 0.15) is 46.4 Å². The van der Waals surface area contributed by atoms with Gasteiger partial charge in [0.25, 0.3) is 17.5 Å². The van der Waals surface area contributed by atoms with Crippen molar-refractivity contribution < 1.29 is 28.5 Å². The number of nitro benzene ring substituents is 1. The second-order valence-electron chi connectivity index (χ2n) is 11.6. The fraction of sp³-hybridized carbons (Fsp3) is 0.448. The van der Waals surface area contributed by atoms with Gasteiger partial charge in [-0.15, -0.1) is 0 Å². The molecule has 2 aromatic carbocycles. The average Bonchev–Trinajstić information content (AvgIpc) is 3.22. The Labute approximate surface area is 246 Å². The van der Waals surface area contributed by atoms with Crippen LogP contribution in [0.5, 0.6) is 0 Å². The van der Waals surface area contributed by atoms with E-state index in [4.69, 9.17) is 5.73 Å². The summed E-state index contributed by atoms with van der Waals surface area (Å²) in [6.07, 6.45) is 0.754. The van der Waals surface area contributed by atoms with E-state index in [2.05, 4.69) is 15.1 Å². The standard InChI is InChI=1S/C29H32FN7O6/c30-29(17-33-11-13-35(14-12-33)19-2-4-23(37(42)43)22(31)16-19)7-9-34(10-8-29)18-1-3-20-21(15-18)28(41)36(27(20)40)24-5-6-25(38)32-26(24)39/h1-4,15-16,24H,5-14,17,31H2,(H,32,38,39). The molecular weight excluding hydrogens is 561 g/mol. The van der Waals surface area contributed by atoms with Crippen molar-refractivity contribution in [1.29, 1.82) is 0 Å².